The van der Waals surface area contributed by atoms with Crippen molar-refractivity contribution < 1.29 is 13.9 Å². The summed E-state index contributed by atoms with van der Waals surface area (Å²) in [6.07, 6.45) is 0.0548. The van der Waals surface area contributed by atoms with E-state index in [1.54, 1.807) is 6.07 Å². The van der Waals surface area contributed by atoms with Crippen LogP contribution in [0.1, 0.15) is 34.6 Å². The minimum absolute atomic E-state index is 0.0134. The van der Waals surface area contributed by atoms with Gasteiger partial charge in [-0.2, -0.15) is 5.26 Å². The van der Waals surface area contributed by atoms with Crippen LogP contribution in [0, 0.1) is 29.0 Å². The molecule has 0 fully saturated rings. The zero-order chi connectivity index (χ0) is 22.3. The van der Waals surface area contributed by atoms with Gasteiger partial charge in [-0.25, -0.2) is 9.18 Å². The maximum atomic E-state index is 13.4. The van der Waals surface area contributed by atoms with Crippen molar-refractivity contribution in [2.45, 2.75) is 18.8 Å². The van der Waals surface area contributed by atoms with Crippen LogP contribution in [0.3, 0.4) is 0 Å². The number of carbonyl (C=O) groups is 1. The van der Waals surface area contributed by atoms with Gasteiger partial charge in [0, 0.05) is 24.4 Å². The highest BCUT2D eigenvalue weighted by molar-refractivity contribution is 5.79. The summed E-state index contributed by atoms with van der Waals surface area (Å²) in [4.78, 5) is 12.2. The Bertz CT molecular complexity index is 1200. The molecule has 0 aromatic heterocycles. The fraction of sp³-hybridized carbons (Fsp3) is 0.185. The molecule has 0 heterocycles. The number of nitrogens with one attached hydrogen (secondary N) is 1. The van der Waals surface area contributed by atoms with Crippen LogP contribution in [0.5, 0.6) is 0 Å². The number of benzene rings is 3. The van der Waals surface area contributed by atoms with Crippen molar-refractivity contribution in [1.29, 1.82) is 5.26 Å². The van der Waals surface area contributed by atoms with Crippen LogP contribution < -0.4 is 5.32 Å². The largest absolute Gasteiger partial charge is 0.449 e. The van der Waals surface area contributed by atoms with Crippen LogP contribution in [0.15, 0.2) is 66.7 Å². The first-order chi connectivity index (χ1) is 15.7. The molecule has 32 heavy (non-hydrogen) atoms. The third-order valence-corrected chi connectivity index (χ3v) is 5.43. The molecule has 0 radical (unpaired) electrons. The molecule has 0 spiro atoms. The number of amides is 1. The van der Waals surface area contributed by atoms with Gasteiger partial charge in [-0.05, 0) is 39.9 Å². The van der Waals surface area contributed by atoms with Gasteiger partial charge in [0.15, 0.2) is 0 Å². The molecule has 4 nitrogen and oxygen atoms in total. The Kier molecular flexibility index (Phi) is 6.49. The van der Waals surface area contributed by atoms with Crippen LogP contribution in [-0.2, 0) is 11.2 Å². The van der Waals surface area contributed by atoms with E-state index in [0.717, 1.165) is 11.1 Å². The van der Waals surface area contributed by atoms with E-state index in [2.05, 4.69) is 41.4 Å². The third kappa shape index (κ3) is 4.63. The molecule has 1 N–H and O–H groups in total. The number of ether oxygens (including phenoxy) is 1. The quantitative estimate of drug-likeness (QED) is 0.454. The summed E-state index contributed by atoms with van der Waals surface area (Å²) in [5, 5.41) is 11.6. The molecule has 0 atom stereocenters. The Labute approximate surface area is 186 Å². The maximum Gasteiger partial charge on any atom is 0.407 e. The van der Waals surface area contributed by atoms with E-state index < -0.39 is 11.9 Å². The maximum absolute atomic E-state index is 13.4. The number of nitriles is 1. The molecule has 3 aromatic carbocycles. The van der Waals surface area contributed by atoms with Crippen LogP contribution in [0.25, 0.3) is 11.1 Å². The van der Waals surface area contributed by atoms with Crippen molar-refractivity contribution in [1.82, 2.24) is 5.32 Å². The molecule has 1 aliphatic rings. The lowest BCUT2D eigenvalue weighted by atomic mass is 9.98. The highest BCUT2D eigenvalue weighted by atomic mass is 19.1. The molecule has 0 saturated heterocycles. The van der Waals surface area contributed by atoms with Crippen LogP contribution in [0.4, 0.5) is 9.18 Å². The van der Waals surface area contributed by atoms with E-state index >= 15 is 0 Å². The van der Waals surface area contributed by atoms with E-state index in [1.807, 2.05) is 30.3 Å². The molecule has 5 heteroatoms. The van der Waals surface area contributed by atoms with E-state index in [-0.39, 0.29) is 18.9 Å². The van der Waals surface area contributed by atoms with Crippen LogP contribution >= 0.6 is 0 Å². The summed E-state index contributed by atoms with van der Waals surface area (Å²) in [7, 11) is 0. The molecule has 0 saturated carbocycles. The summed E-state index contributed by atoms with van der Waals surface area (Å²) in [5.41, 5.74) is 5.87. The lowest BCUT2D eigenvalue weighted by molar-refractivity contribution is 0.143. The van der Waals surface area contributed by atoms with Crippen LogP contribution in [-0.4, -0.2) is 19.2 Å². The summed E-state index contributed by atoms with van der Waals surface area (Å²) in [6, 6.07) is 22.6. The number of rotatable bonds is 5. The lowest BCUT2D eigenvalue weighted by Gasteiger charge is -2.14. The normalized spacial score (nSPS) is 11.5. The predicted molar refractivity (Wildman–Crippen MR) is 120 cm³/mol. The first-order valence-corrected chi connectivity index (χ1v) is 10.4. The summed E-state index contributed by atoms with van der Waals surface area (Å²) < 4.78 is 18.9. The SMILES string of the molecule is N#CCc1ccc(F)cc1C#CCCNC(=O)OCC1c2ccccc2-c2ccccc21. The molecule has 0 aliphatic heterocycles. The standard InChI is InChI=1S/C27H21FN2O2/c28-21-13-12-19(14-15-29)20(17-21)7-5-6-16-30-27(31)32-18-26-24-10-3-1-8-22(24)23-9-2-4-11-25(23)26/h1-4,8-13,17,26H,6,14,16,18H2,(H,30,31). The molecule has 158 valence electrons. The molecule has 0 bridgehead atoms. The van der Waals surface area contributed by atoms with E-state index in [9.17, 15) is 9.18 Å². The minimum atomic E-state index is -0.496. The number of halogens is 1. The average molecular weight is 424 g/mol. The van der Waals surface area contributed by atoms with Crippen molar-refractivity contribution in [2.24, 2.45) is 0 Å². The second-order valence-corrected chi connectivity index (χ2v) is 7.44. The minimum Gasteiger partial charge on any atom is -0.449 e. The number of nitrogens with zero attached hydrogens (tertiary/aromatic N) is 1. The topological polar surface area (TPSA) is 62.1 Å². The number of hydrogen-bond donors (Lipinski definition) is 1. The van der Waals surface area contributed by atoms with Crippen molar-refractivity contribution in [2.75, 3.05) is 13.2 Å². The molecule has 1 aliphatic carbocycles. The fourth-order valence-electron chi connectivity index (χ4n) is 3.94. The van der Waals surface area contributed by atoms with Gasteiger partial charge < -0.3 is 10.1 Å². The van der Waals surface area contributed by atoms with E-state index in [4.69, 9.17) is 10.00 Å². The van der Waals surface area contributed by atoms with E-state index in [1.165, 1.54) is 23.3 Å². The number of fused-ring (bicyclic) bond motifs is 3. The number of carbonyl (C=O) groups excluding carboxylic acids is 1. The lowest BCUT2D eigenvalue weighted by Crippen LogP contribution is -2.26. The predicted octanol–water partition coefficient (Wildman–Crippen LogP) is 5.17. The molecule has 1 amide bonds. The smallest absolute Gasteiger partial charge is 0.407 e. The van der Waals surface area contributed by atoms with Crippen molar-refractivity contribution in [3.63, 3.8) is 0 Å². The Hall–Kier alpha value is -4.09. The second-order valence-electron chi connectivity index (χ2n) is 7.44. The van der Waals surface area contributed by atoms with Crippen molar-refractivity contribution >= 4 is 6.09 Å². The van der Waals surface area contributed by atoms with Gasteiger partial charge in [-0.1, -0.05) is 66.4 Å². The van der Waals surface area contributed by atoms with Gasteiger partial charge in [0.2, 0.25) is 0 Å². The van der Waals surface area contributed by atoms with Gasteiger partial charge in [0.05, 0.1) is 12.5 Å². The highest BCUT2D eigenvalue weighted by Gasteiger charge is 2.28. The van der Waals surface area contributed by atoms with Gasteiger partial charge in [-0.3, -0.25) is 0 Å². The van der Waals surface area contributed by atoms with Gasteiger partial charge >= 0.3 is 6.09 Å². The van der Waals surface area contributed by atoms with Crippen molar-refractivity contribution in [3.8, 4) is 29.0 Å². The molecular formula is C27H21FN2O2. The van der Waals surface area contributed by atoms with Gasteiger partial charge in [0.1, 0.15) is 12.4 Å². The summed E-state index contributed by atoms with van der Waals surface area (Å²) >= 11 is 0. The fourth-order valence-corrected chi connectivity index (χ4v) is 3.94. The molecular weight excluding hydrogens is 403 g/mol. The zero-order valence-electron chi connectivity index (χ0n) is 17.4. The second kappa shape index (κ2) is 9.81. The summed E-state index contributed by atoms with van der Waals surface area (Å²) in [6.45, 7) is 0.568. The Morgan fingerprint density at radius 2 is 1.72 bits per heavy atom. The number of alkyl carbamates (subject to hydrolysis) is 1. The summed E-state index contributed by atoms with van der Waals surface area (Å²) in [5.74, 6) is 5.41. The Morgan fingerprint density at radius 3 is 2.41 bits per heavy atom. The van der Waals surface area contributed by atoms with Gasteiger partial charge in [-0.15, -0.1) is 0 Å². The average Bonchev–Trinajstić information content (AvgIpc) is 3.13. The monoisotopic (exact) mass is 424 g/mol. The molecule has 3 aromatic rings. The van der Waals surface area contributed by atoms with Crippen molar-refractivity contribution in [3.05, 3.63) is 94.8 Å². The van der Waals surface area contributed by atoms with E-state index in [0.29, 0.717) is 24.1 Å². The first kappa shape index (κ1) is 21.2. The van der Waals surface area contributed by atoms with Crippen LogP contribution in [0.2, 0.25) is 0 Å². The number of hydrogen-bond acceptors (Lipinski definition) is 3. The molecule has 4 rings (SSSR count). The highest BCUT2D eigenvalue weighted by Crippen LogP contribution is 2.44. The Balaban J connectivity index is 1.30. The van der Waals surface area contributed by atoms with Gasteiger partial charge in [0.25, 0.3) is 0 Å². The first-order valence-electron chi connectivity index (χ1n) is 10.4. The zero-order valence-corrected chi connectivity index (χ0v) is 17.4. The third-order valence-electron chi connectivity index (χ3n) is 5.43. The Morgan fingerprint density at radius 1 is 1.03 bits per heavy atom. The molecule has 0 unspecified atom stereocenters.